The molecule has 0 amide bonds. The smallest absolute Gasteiger partial charge is 0.429 e. The standard InChI is InChI=1S/C25H27F6NO/c26-21-11-17(16-3-1-14(2-4-16)15-5-8-18(32)9-6-15)7-10-20(21)25(30,31)33-19-12-22(27)24(29)23(28)13-19/h7,10-16,18H,1-6,8-9,32H2. The van der Waals surface area contributed by atoms with Crippen molar-refractivity contribution in [2.24, 2.45) is 17.6 Å². The first kappa shape index (κ1) is 23.9. The van der Waals surface area contributed by atoms with Crippen LogP contribution in [-0.4, -0.2) is 6.04 Å². The fourth-order valence-corrected chi connectivity index (χ4v) is 5.36. The van der Waals surface area contributed by atoms with Crippen molar-refractivity contribution in [2.75, 3.05) is 0 Å². The summed E-state index contributed by atoms with van der Waals surface area (Å²) in [7, 11) is 0. The van der Waals surface area contributed by atoms with Crippen molar-refractivity contribution >= 4 is 0 Å². The zero-order valence-electron chi connectivity index (χ0n) is 18.1. The van der Waals surface area contributed by atoms with Crippen molar-refractivity contribution in [1.29, 1.82) is 0 Å². The summed E-state index contributed by atoms with van der Waals surface area (Å²) < 4.78 is 87.7. The molecule has 0 aliphatic heterocycles. The van der Waals surface area contributed by atoms with Gasteiger partial charge in [-0.3, -0.25) is 0 Å². The first-order chi connectivity index (χ1) is 15.6. The van der Waals surface area contributed by atoms with Crippen LogP contribution in [0.3, 0.4) is 0 Å². The van der Waals surface area contributed by atoms with E-state index in [2.05, 4.69) is 4.74 Å². The summed E-state index contributed by atoms with van der Waals surface area (Å²) in [4.78, 5) is 0. The molecule has 33 heavy (non-hydrogen) atoms. The highest BCUT2D eigenvalue weighted by atomic mass is 19.3. The van der Waals surface area contributed by atoms with Crippen LogP contribution < -0.4 is 10.5 Å². The lowest BCUT2D eigenvalue weighted by atomic mass is 9.69. The van der Waals surface area contributed by atoms with Gasteiger partial charge in [-0.15, -0.1) is 0 Å². The second kappa shape index (κ2) is 9.57. The van der Waals surface area contributed by atoms with Crippen molar-refractivity contribution in [3.8, 4) is 5.75 Å². The fraction of sp³-hybridized carbons (Fsp3) is 0.520. The van der Waals surface area contributed by atoms with Crippen LogP contribution in [0.25, 0.3) is 0 Å². The lowest BCUT2D eigenvalue weighted by Crippen LogP contribution is -2.31. The Morgan fingerprint density at radius 2 is 1.27 bits per heavy atom. The quantitative estimate of drug-likeness (QED) is 0.371. The normalized spacial score (nSPS) is 26.3. The van der Waals surface area contributed by atoms with E-state index in [1.54, 1.807) is 0 Å². The van der Waals surface area contributed by atoms with Gasteiger partial charge in [-0.2, -0.15) is 8.78 Å². The summed E-state index contributed by atoms with van der Waals surface area (Å²) in [5.74, 6) is -5.86. The Morgan fingerprint density at radius 3 is 1.82 bits per heavy atom. The number of hydrogen-bond donors (Lipinski definition) is 1. The van der Waals surface area contributed by atoms with Crippen LogP contribution in [0.15, 0.2) is 30.3 Å². The number of nitrogens with two attached hydrogens (primary N) is 1. The molecule has 2 aromatic rings. The molecule has 2 saturated carbocycles. The first-order valence-electron chi connectivity index (χ1n) is 11.4. The van der Waals surface area contributed by atoms with Gasteiger partial charge in [0.05, 0.1) is 5.56 Å². The van der Waals surface area contributed by atoms with Gasteiger partial charge in [0.25, 0.3) is 0 Å². The van der Waals surface area contributed by atoms with E-state index >= 15 is 0 Å². The van der Waals surface area contributed by atoms with E-state index < -0.39 is 40.7 Å². The van der Waals surface area contributed by atoms with Gasteiger partial charge in [0, 0.05) is 18.2 Å². The van der Waals surface area contributed by atoms with Crippen LogP contribution in [0.2, 0.25) is 0 Å². The maximum atomic E-state index is 14.7. The second-order valence-corrected chi connectivity index (χ2v) is 9.35. The van der Waals surface area contributed by atoms with Crippen molar-refractivity contribution in [2.45, 2.75) is 69.4 Å². The number of hydrogen-bond acceptors (Lipinski definition) is 2. The molecular weight excluding hydrogens is 444 g/mol. The topological polar surface area (TPSA) is 35.2 Å². The van der Waals surface area contributed by atoms with Gasteiger partial charge in [-0.25, -0.2) is 17.6 Å². The maximum absolute atomic E-state index is 14.7. The van der Waals surface area contributed by atoms with Crippen molar-refractivity contribution in [1.82, 2.24) is 0 Å². The molecule has 0 aromatic heterocycles. The van der Waals surface area contributed by atoms with Crippen LogP contribution in [-0.2, 0) is 6.11 Å². The molecular formula is C25H27F6NO. The van der Waals surface area contributed by atoms with E-state index in [0.29, 0.717) is 23.4 Å². The highest BCUT2D eigenvalue weighted by Crippen LogP contribution is 2.43. The van der Waals surface area contributed by atoms with E-state index in [9.17, 15) is 26.3 Å². The number of benzene rings is 2. The summed E-state index contributed by atoms with van der Waals surface area (Å²) in [6.45, 7) is 0. The number of rotatable bonds is 5. The van der Waals surface area contributed by atoms with Gasteiger partial charge in [-0.05, 0) is 86.8 Å². The average Bonchev–Trinajstić information content (AvgIpc) is 2.77. The second-order valence-electron chi connectivity index (χ2n) is 9.35. The van der Waals surface area contributed by atoms with Crippen LogP contribution in [0.4, 0.5) is 26.3 Å². The predicted octanol–water partition coefficient (Wildman–Crippen LogP) is 7.16. The molecule has 4 rings (SSSR count). The Kier molecular flexibility index (Phi) is 6.93. The molecule has 0 atom stereocenters. The van der Waals surface area contributed by atoms with Gasteiger partial charge < -0.3 is 10.5 Å². The third-order valence-corrected chi connectivity index (χ3v) is 7.24. The fourth-order valence-electron chi connectivity index (χ4n) is 5.36. The SMILES string of the molecule is NC1CCC(C2CCC(c3ccc(C(F)(F)Oc4cc(F)c(F)c(F)c4)c(F)c3)CC2)CC1. The largest absolute Gasteiger partial charge is 0.429 e. The Morgan fingerprint density at radius 1 is 0.727 bits per heavy atom. The molecule has 2 aliphatic rings. The zero-order chi connectivity index (χ0) is 23.8. The highest BCUT2D eigenvalue weighted by Gasteiger charge is 2.39. The molecule has 2 aliphatic carbocycles. The van der Waals surface area contributed by atoms with E-state index in [1.807, 2.05) is 0 Å². The van der Waals surface area contributed by atoms with Gasteiger partial charge in [0.1, 0.15) is 11.6 Å². The van der Waals surface area contributed by atoms with E-state index in [-0.39, 0.29) is 18.1 Å². The van der Waals surface area contributed by atoms with Gasteiger partial charge >= 0.3 is 6.11 Å². The van der Waals surface area contributed by atoms with Crippen LogP contribution in [0.1, 0.15) is 68.4 Å². The lowest BCUT2D eigenvalue weighted by Gasteiger charge is -2.37. The molecule has 180 valence electrons. The summed E-state index contributed by atoms with van der Waals surface area (Å²) >= 11 is 0. The number of ether oxygens (including phenoxy) is 1. The van der Waals surface area contributed by atoms with Crippen LogP contribution >= 0.6 is 0 Å². The summed E-state index contributed by atoms with van der Waals surface area (Å²) in [6, 6.07) is 4.36. The molecule has 8 heteroatoms. The Balaban J connectivity index is 1.41. The maximum Gasteiger partial charge on any atom is 0.429 e. The van der Waals surface area contributed by atoms with Crippen molar-refractivity contribution in [3.63, 3.8) is 0 Å². The molecule has 0 radical (unpaired) electrons. The molecule has 0 unspecified atom stereocenters. The Labute approximate surface area is 189 Å². The molecule has 2 aromatic carbocycles. The number of alkyl halides is 2. The van der Waals surface area contributed by atoms with Crippen molar-refractivity contribution < 1.29 is 31.1 Å². The molecule has 2 fully saturated rings. The zero-order valence-corrected chi connectivity index (χ0v) is 18.1. The third kappa shape index (κ3) is 5.31. The van der Waals surface area contributed by atoms with Gasteiger partial charge in [0.15, 0.2) is 17.5 Å². The van der Waals surface area contributed by atoms with Gasteiger partial charge in [0.2, 0.25) is 0 Å². The minimum absolute atomic E-state index is 0.0884. The first-order valence-corrected chi connectivity index (χ1v) is 11.4. The van der Waals surface area contributed by atoms with E-state index in [0.717, 1.165) is 63.5 Å². The molecule has 2 nitrogen and oxygen atoms in total. The van der Waals surface area contributed by atoms with Gasteiger partial charge in [-0.1, -0.05) is 6.07 Å². The average molecular weight is 471 g/mol. The molecule has 0 bridgehead atoms. The monoisotopic (exact) mass is 471 g/mol. The minimum atomic E-state index is -4.20. The van der Waals surface area contributed by atoms with Crippen molar-refractivity contribution in [3.05, 3.63) is 64.7 Å². The molecule has 2 N–H and O–H groups in total. The van der Waals surface area contributed by atoms with Crippen LogP contribution in [0.5, 0.6) is 5.75 Å². The molecule has 0 spiro atoms. The highest BCUT2D eigenvalue weighted by molar-refractivity contribution is 5.31. The minimum Gasteiger partial charge on any atom is -0.429 e. The molecule has 0 saturated heterocycles. The Bertz CT molecular complexity index is 958. The molecule has 0 heterocycles. The Hall–Kier alpha value is -2.22. The predicted molar refractivity (Wildman–Crippen MR) is 112 cm³/mol. The number of halogens is 6. The lowest BCUT2D eigenvalue weighted by molar-refractivity contribution is -0.187. The summed E-state index contributed by atoms with van der Waals surface area (Å²) in [6.07, 6.45) is 4.01. The van der Waals surface area contributed by atoms with E-state index in [1.165, 1.54) is 6.07 Å². The summed E-state index contributed by atoms with van der Waals surface area (Å²) in [5, 5.41) is 0. The third-order valence-electron chi connectivity index (χ3n) is 7.24. The van der Waals surface area contributed by atoms with E-state index in [4.69, 9.17) is 5.73 Å². The summed E-state index contributed by atoms with van der Waals surface area (Å²) in [5.41, 5.74) is 5.59. The van der Waals surface area contributed by atoms with Crippen LogP contribution in [0, 0.1) is 35.1 Å².